The molecule has 0 aromatic heterocycles. The molecule has 0 bridgehead atoms. The smallest absolute Gasteiger partial charge is 0.200 e. The Bertz CT molecular complexity index is 916. The van der Waals surface area contributed by atoms with Gasteiger partial charge in [-0.25, -0.2) is 9.40 Å². The fourth-order valence-electron chi connectivity index (χ4n) is 4.77. The molecular weight excluding hydrogens is 353 g/mol. The lowest BCUT2D eigenvalue weighted by atomic mass is 9.90. The van der Waals surface area contributed by atoms with Crippen LogP contribution in [0.1, 0.15) is 48.9 Å². The number of hydrazone groups is 1. The second kappa shape index (κ2) is 6.59. The number of piperidine rings is 1. The molecule has 1 spiro atoms. The number of nitrogens with zero attached hydrogens (tertiary/aromatic N) is 3. The molecule has 0 amide bonds. The van der Waals surface area contributed by atoms with E-state index in [4.69, 9.17) is 9.84 Å². The van der Waals surface area contributed by atoms with Crippen LogP contribution in [0.2, 0.25) is 0 Å². The van der Waals surface area contributed by atoms with Crippen molar-refractivity contribution in [1.82, 2.24) is 9.91 Å². The Labute approximate surface area is 165 Å². The highest BCUT2D eigenvalue weighted by Crippen LogP contribution is 2.50. The summed E-state index contributed by atoms with van der Waals surface area (Å²) in [4.78, 5) is 2.47. The molecule has 2 aromatic rings. The summed E-state index contributed by atoms with van der Waals surface area (Å²) < 4.78 is 20.0. The van der Waals surface area contributed by atoms with Crippen LogP contribution in [0.5, 0.6) is 5.75 Å². The Morgan fingerprint density at radius 1 is 1.14 bits per heavy atom. The molecule has 4 nitrogen and oxygen atoms in total. The number of aryl methyl sites for hydroxylation is 1. The third-order valence-corrected chi connectivity index (χ3v) is 6.41. The van der Waals surface area contributed by atoms with Gasteiger partial charge in [-0.15, -0.1) is 0 Å². The monoisotopic (exact) mass is 379 g/mol. The number of ether oxygens (including phenoxy) is 1. The van der Waals surface area contributed by atoms with Gasteiger partial charge in [-0.1, -0.05) is 36.8 Å². The summed E-state index contributed by atoms with van der Waals surface area (Å²) in [6, 6.07) is 13.3. The fraction of sp³-hybridized carbons (Fsp3) is 0.435. The van der Waals surface area contributed by atoms with Crippen molar-refractivity contribution < 1.29 is 9.13 Å². The van der Waals surface area contributed by atoms with Crippen LogP contribution < -0.4 is 4.74 Å². The molecule has 1 fully saturated rings. The van der Waals surface area contributed by atoms with Gasteiger partial charge in [0.1, 0.15) is 11.6 Å². The number of fused-ring (bicyclic) bond motifs is 4. The molecule has 3 heterocycles. The number of halogens is 1. The molecule has 3 aliphatic rings. The van der Waals surface area contributed by atoms with Crippen LogP contribution in [0.25, 0.3) is 0 Å². The lowest BCUT2D eigenvalue weighted by Crippen LogP contribution is -2.59. The van der Waals surface area contributed by atoms with Crippen molar-refractivity contribution in [3.8, 4) is 5.75 Å². The Balaban J connectivity index is 1.56. The van der Waals surface area contributed by atoms with E-state index in [2.05, 4.69) is 42.0 Å². The molecule has 0 unspecified atom stereocenters. The normalized spacial score (nSPS) is 23.2. The summed E-state index contributed by atoms with van der Waals surface area (Å²) in [5.74, 6) is 0.778. The average molecular weight is 379 g/mol. The van der Waals surface area contributed by atoms with Crippen LogP contribution in [0.4, 0.5) is 4.39 Å². The minimum Gasteiger partial charge on any atom is -0.466 e. The lowest BCUT2D eigenvalue weighted by molar-refractivity contribution is -0.149. The number of hydrogen-bond donors (Lipinski definition) is 0. The number of benzene rings is 2. The van der Waals surface area contributed by atoms with Gasteiger partial charge in [0, 0.05) is 37.9 Å². The second-order valence-electron chi connectivity index (χ2n) is 8.14. The quantitative estimate of drug-likeness (QED) is 0.770. The van der Waals surface area contributed by atoms with Crippen molar-refractivity contribution in [2.75, 3.05) is 19.6 Å². The van der Waals surface area contributed by atoms with Gasteiger partial charge in [0.15, 0.2) is 0 Å². The van der Waals surface area contributed by atoms with Gasteiger partial charge in [0.25, 0.3) is 0 Å². The first-order valence-corrected chi connectivity index (χ1v) is 10.2. The third-order valence-electron chi connectivity index (χ3n) is 6.41. The zero-order valence-electron chi connectivity index (χ0n) is 16.5. The predicted molar refractivity (Wildman–Crippen MR) is 108 cm³/mol. The van der Waals surface area contributed by atoms with Crippen LogP contribution in [-0.4, -0.2) is 41.0 Å². The average Bonchev–Trinajstić information content (AvgIpc) is 3.17. The maximum absolute atomic E-state index is 13.4. The van der Waals surface area contributed by atoms with Gasteiger partial charge in [0.2, 0.25) is 5.72 Å². The van der Waals surface area contributed by atoms with E-state index in [-0.39, 0.29) is 17.6 Å². The summed E-state index contributed by atoms with van der Waals surface area (Å²) >= 11 is 0. The molecule has 0 aliphatic carbocycles. The molecule has 1 saturated heterocycles. The number of rotatable bonds is 2. The molecule has 3 aliphatic heterocycles. The van der Waals surface area contributed by atoms with Crippen molar-refractivity contribution in [3.05, 3.63) is 65.0 Å². The minimum absolute atomic E-state index is 0.178. The van der Waals surface area contributed by atoms with Crippen molar-refractivity contribution in [1.29, 1.82) is 0 Å². The Hall–Kier alpha value is -2.40. The molecule has 0 N–H and O–H groups in total. The number of hydrogen-bond acceptors (Lipinski definition) is 4. The first-order chi connectivity index (χ1) is 13.6. The lowest BCUT2D eigenvalue weighted by Gasteiger charge is -2.51. The van der Waals surface area contributed by atoms with Crippen LogP contribution in [0.3, 0.4) is 0 Å². The molecule has 2 aromatic carbocycles. The molecule has 5 rings (SSSR count). The SMILES string of the molecule is CCN1CCC2(CC1)Oc1ccc(C)cc1[C@@H]1CC(c3ccc(F)cc3)=NN12. The maximum atomic E-state index is 13.4. The summed E-state index contributed by atoms with van der Waals surface area (Å²) in [5.41, 5.74) is 4.06. The first-order valence-electron chi connectivity index (χ1n) is 10.2. The van der Waals surface area contributed by atoms with E-state index < -0.39 is 0 Å². The summed E-state index contributed by atoms with van der Waals surface area (Å²) in [6.07, 6.45) is 2.69. The van der Waals surface area contributed by atoms with E-state index in [1.807, 2.05) is 12.1 Å². The molecule has 1 atom stereocenters. The topological polar surface area (TPSA) is 28.1 Å². The zero-order chi connectivity index (χ0) is 19.3. The summed E-state index contributed by atoms with van der Waals surface area (Å²) in [6.45, 7) is 7.43. The largest absolute Gasteiger partial charge is 0.466 e. The predicted octanol–water partition coefficient (Wildman–Crippen LogP) is 4.49. The highest BCUT2D eigenvalue weighted by atomic mass is 19.1. The van der Waals surface area contributed by atoms with Crippen molar-refractivity contribution in [2.45, 2.75) is 44.9 Å². The molecule has 0 saturated carbocycles. The van der Waals surface area contributed by atoms with Crippen LogP contribution in [0.15, 0.2) is 47.6 Å². The van der Waals surface area contributed by atoms with Gasteiger partial charge in [-0.3, -0.25) is 0 Å². The van der Waals surface area contributed by atoms with Gasteiger partial charge < -0.3 is 9.64 Å². The standard InChI is InChI=1S/C23H26FN3O/c1-3-26-12-10-23(11-13-26)27-21(19-14-16(2)4-9-22(19)28-23)15-20(25-27)17-5-7-18(24)8-6-17/h4-9,14,21H,3,10-13,15H2,1-2H3/t21-/m0/s1. The Kier molecular flexibility index (Phi) is 4.16. The maximum Gasteiger partial charge on any atom is 0.200 e. The summed E-state index contributed by atoms with van der Waals surface area (Å²) in [7, 11) is 0. The Morgan fingerprint density at radius 2 is 1.89 bits per heavy atom. The van der Waals surface area contributed by atoms with Crippen LogP contribution in [-0.2, 0) is 0 Å². The molecule has 146 valence electrons. The highest BCUT2D eigenvalue weighted by molar-refractivity contribution is 6.02. The van der Waals surface area contributed by atoms with E-state index in [9.17, 15) is 4.39 Å². The van der Waals surface area contributed by atoms with E-state index in [1.54, 1.807) is 0 Å². The molecular formula is C23H26FN3O. The van der Waals surface area contributed by atoms with E-state index in [1.165, 1.54) is 23.3 Å². The third kappa shape index (κ3) is 2.80. The van der Waals surface area contributed by atoms with E-state index >= 15 is 0 Å². The second-order valence-corrected chi connectivity index (χ2v) is 8.14. The van der Waals surface area contributed by atoms with Crippen molar-refractivity contribution in [3.63, 3.8) is 0 Å². The first kappa shape index (κ1) is 17.7. The van der Waals surface area contributed by atoms with Gasteiger partial charge in [-0.05, 0) is 37.2 Å². The zero-order valence-corrected chi connectivity index (χ0v) is 16.5. The van der Waals surface area contributed by atoms with Crippen molar-refractivity contribution in [2.24, 2.45) is 5.10 Å². The molecule has 0 radical (unpaired) electrons. The minimum atomic E-state index is -0.389. The summed E-state index contributed by atoms with van der Waals surface area (Å²) in [5, 5.41) is 7.27. The highest BCUT2D eigenvalue weighted by Gasteiger charge is 2.51. The van der Waals surface area contributed by atoms with Gasteiger partial charge in [-0.2, -0.15) is 5.10 Å². The van der Waals surface area contributed by atoms with E-state index in [0.29, 0.717) is 0 Å². The van der Waals surface area contributed by atoms with Crippen molar-refractivity contribution >= 4 is 5.71 Å². The number of likely N-dealkylation sites (tertiary alicyclic amines) is 1. The van der Waals surface area contributed by atoms with Crippen LogP contribution in [0, 0.1) is 12.7 Å². The van der Waals surface area contributed by atoms with Gasteiger partial charge >= 0.3 is 0 Å². The van der Waals surface area contributed by atoms with E-state index in [0.717, 1.165) is 55.9 Å². The molecule has 5 heteroatoms. The van der Waals surface area contributed by atoms with Gasteiger partial charge in [0.05, 0.1) is 11.8 Å². The molecule has 28 heavy (non-hydrogen) atoms. The van der Waals surface area contributed by atoms with Crippen LogP contribution >= 0.6 is 0 Å². The Morgan fingerprint density at radius 3 is 2.61 bits per heavy atom. The fourth-order valence-corrected chi connectivity index (χ4v) is 4.77.